The highest BCUT2D eigenvalue weighted by molar-refractivity contribution is 5.96. The molecular formula is C15H20N2O3. The number of rotatable bonds is 4. The van der Waals surface area contributed by atoms with Gasteiger partial charge in [0.2, 0.25) is 5.91 Å². The van der Waals surface area contributed by atoms with E-state index < -0.39 is 6.04 Å². The monoisotopic (exact) mass is 276 g/mol. The molecule has 1 aliphatic heterocycles. The van der Waals surface area contributed by atoms with Gasteiger partial charge in [-0.2, -0.15) is 0 Å². The summed E-state index contributed by atoms with van der Waals surface area (Å²) in [7, 11) is 1.79. The van der Waals surface area contributed by atoms with Crippen molar-refractivity contribution in [2.45, 2.75) is 32.7 Å². The average molecular weight is 276 g/mol. The van der Waals surface area contributed by atoms with E-state index in [1.807, 2.05) is 18.2 Å². The molecule has 0 spiro atoms. The van der Waals surface area contributed by atoms with E-state index in [2.05, 4.69) is 5.32 Å². The zero-order valence-electron chi connectivity index (χ0n) is 12.1. The highest BCUT2D eigenvalue weighted by atomic mass is 16.5. The van der Waals surface area contributed by atoms with E-state index >= 15 is 0 Å². The first kappa shape index (κ1) is 14.4. The Kier molecular flexibility index (Phi) is 4.27. The third kappa shape index (κ3) is 2.92. The van der Waals surface area contributed by atoms with E-state index in [1.165, 1.54) is 0 Å². The van der Waals surface area contributed by atoms with Gasteiger partial charge in [-0.15, -0.1) is 0 Å². The highest BCUT2D eigenvalue weighted by Gasteiger charge is 2.21. The molecule has 108 valence electrons. The van der Waals surface area contributed by atoms with Crippen molar-refractivity contribution in [3.05, 3.63) is 23.8 Å². The molecule has 1 atom stereocenters. The lowest BCUT2D eigenvalue weighted by atomic mass is 10.0. The van der Waals surface area contributed by atoms with Gasteiger partial charge in [0.15, 0.2) is 0 Å². The molecule has 0 fully saturated rings. The Hall–Kier alpha value is -2.04. The van der Waals surface area contributed by atoms with Gasteiger partial charge in [-0.1, -0.05) is 0 Å². The fourth-order valence-corrected chi connectivity index (χ4v) is 2.32. The van der Waals surface area contributed by atoms with E-state index in [1.54, 1.807) is 25.8 Å². The van der Waals surface area contributed by atoms with Crippen molar-refractivity contribution in [3.63, 3.8) is 0 Å². The summed E-state index contributed by atoms with van der Waals surface area (Å²) in [4.78, 5) is 24.9. The maximum absolute atomic E-state index is 11.6. The lowest BCUT2D eigenvalue weighted by Crippen LogP contribution is -2.31. The molecule has 0 saturated heterocycles. The van der Waals surface area contributed by atoms with Crippen LogP contribution in [0, 0.1) is 0 Å². The van der Waals surface area contributed by atoms with Gasteiger partial charge in [-0.3, -0.25) is 4.79 Å². The number of amides is 1. The zero-order chi connectivity index (χ0) is 14.7. The summed E-state index contributed by atoms with van der Waals surface area (Å²) in [6.45, 7) is 3.94. The van der Waals surface area contributed by atoms with Crippen molar-refractivity contribution < 1.29 is 14.3 Å². The largest absolute Gasteiger partial charge is 0.464 e. The molecule has 5 heteroatoms. The lowest BCUT2D eigenvalue weighted by Gasteiger charge is -2.26. The van der Waals surface area contributed by atoms with E-state index in [4.69, 9.17) is 4.74 Å². The minimum absolute atomic E-state index is 0.137. The van der Waals surface area contributed by atoms with Crippen LogP contribution in [-0.2, 0) is 20.7 Å². The molecular weight excluding hydrogens is 256 g/mol. The van der Waals surface area contributed by atoms with Crippen LogP contribution < -0.4 is 10.2 Å². The van der Waals surface area contributed by atoms with E-state index in [9.17, 15) is 9.59 Å². The Bertz CT molecular complexity index is 528. The first-order valence-electron chi connectivity index (χ1n) is 6.85. The van der Waals surface area contributed by atoms with Crippen LogP contribution in [0.1, 0.15) is 25.8 Å². The average Bonchev–Trinajstić information content (AvgIpc) is 2.43. The Balaban J connectivity index is 2.12. The van der Waals surface area contributed by atoms with Crippen LogP contribution in [0.3, 0.4) is 0 Å². The standard InChI is InChI=1S/C15H20N2O3/c1-4-20-15(19)10(2)16-12-6-7-13-11(9-12)5-8-14(18)17(13)3/h6-7,9-10,16H,4-5,8H2,1-3H3/t10-/m1/s1. The number of aryl methyl sites for hydroxylation is 1. The van der Waals surface area contributed by atoms with Gasteiger partial charge in [-0.25, -0.2) is 4.79 Å². The molecule has 0 radical (unpaired) electrons. The van der Waals surface area contributed by atoms with Gasteiger partial charge in [0.25, 0.3) is 0 Å². The summed E-state index contributed by atoms with van der Waals surface area (Å²) in [6, 6.07) is 5.39. The molecule has 1 amide bonds. The van der Waals surface area contributed by atoms with Crippen LogP contribution in [0.25, 0.3) is 0 Å². The molecule has 1 aliphatic rings. The van der Waals surface area contributed by atoms with E-state index in [-0.39, 0.29) is 11.9 Å². The molecule has 1 heterocycles. The smallest absolute Gasteiger partial charge is 0.328 e. The molecule has 0 bridgehead atoms. The number of esters is 1. The van der Waals surface area contributed by atoms with Gasteiger partial charge in [0.1, 0.15) is 6.04 Å². The number of hydrogen-bond acceptors (Lipinski definition) is 4. The van der Waals surface area contributed by atoms with Crippen LogP contribution in [-0.4, -0.2) is 31.6 Å². The summed E-state index contributed by atoms with van der Waals surface area (Å²) in [5.41, 5.74) is 2.93. The molecule has 0 aliphatic carbocycles. The Morgan fingerprint density at radius 1 is 1.45 bits per heavy atom. The summed E-state index contributed by atoms with van der Waals surface area (Å²) in [6.07, 6.45) is 1.27. The van der Waals surface area contributed by atoms with Crippen molar-refractivity contribution in [1.29, 1.82) is 0 Å². The van der Waals surface area contributed by atoms with Gasteiger partial charge >= 0.3 is 5.97 Å². The quantitative estimate of drug-likeness (QED) is 0.854. The first-order valence-corrected chi connectivity index (χ1v) is 6.85. The summed E-state index contributed by atoms with van der Waals surface area (Å²) in [5.74, 6) is -0.129. The number of carbonyl (C=O) groups is 2. The van der Waals surface area contributed by atoms with E-state index in [0.717, 1.165) is 23.4 Å². The van der Waals surface area contributed by atoms with Crippen molar-refractivity contribution in [3.8, 4) is 0 Å². The lowest BCUT2D eigenvalue weighted by molar-refractivity contribution is -0.143. The fourth-order valence-electron chi connectivity index (χ4n) is 2.32. The second kappa shape index (κ2) is 5.94. The molecule has 20 heavy (non-hydrogen) atoms. The Labute approximate surface area is 118 Å². The third-order valence-electron chi connectivity index (χ3n) is 3.45. The predicted octanol–water partition coefficient (Wildman–Crippen LogP) is 1.96. The minimum Gasteiger partial charge on any atom is -0.464 e. The first-order chi connectivity index (χ1) is 9.52. The van der Waals surface area contributed by atoms with Crippen LogP contribution in [0.2, 0.25) is 0 Å². The van der Waals surface area contributed by atoms with Gasteiger partial charge in [-0.05, 0) is 44.0 Å². The molecule has 1 N–H and O–H groups in total. The number of ether oxygens (including phenoxy) is 1. The normalized spacial score (nSPS) is 15.6. The summed E-state index contributed by atoms with van der Waals surface area (Å²) in [5, 5.41) is 3.12. The molecule has 0 aromatic heterocycles. The Morgan fingerprint density at radius 2 is 2.20 bits per heavy atom. The van der Waals surface area contributed by atoms with Crippen LogP contribution in [0.5, 0.6) is 0 Å². The van der Waals surface area contributed by atoms with Crippen LogP contribution in [0.15, 0.2) is 18.2 Å². The number of anilines is 2. The van der Waals surface area contributed by atoms with Crippen molar-refractivity contribution >= 4 is 23.3 Å². The van der Waals surface area contributed by atoms with Crippen molar-refractivity contribution in [2.24, 2.45) is 0 Å². The fraction of sp³-hybridized carbons (Fsp3) is 0.467. The van der Waals surface area contributed by atoms with Crippen molar-refractivity contribution in [2.75, 3.05) is 23.9 Å². The van der Waals surface area contributed by atoms with Gasteiger partial charge in [0, 0.05) is 24.8 Å². The highest BCUT2D eigenvalue weighted by Crippen LogP contribution is 2.29. The topological polar surface area (TPSA) is 58.6 Å². The number of benzene rings is 1. The molecule has 0 saturated carbocycles. The van der Waals surface area contributed by atoms with Gasteiger partial charge < -0.3 is 15.0 Å². The second-order valence-electron chi connectivity index (χ2n) is 4.91. The third-order valence-corrected chi connectivity index (χ3v) is 3.45. The number of nitrogens with one attached hydrogen (secondary N) is 1. The van der Waals surface area contributed by atoms with Crippen LogP contribution in [0.4, 0.5) is 11.4 Å². The van der Waals surface area contributed by atoms with Gasteiger partial charge in [0.05, 0.1) is 6.61 Å². The maximum Gasteiger partial charge on any atom is 0.328 e. The number of hydrogen-bond donors (Lipinski definition) is 1. The maximum atomic E-state index is 11.6. The molecule has 2 rings (SSSR count). The predicted molar refractivity (Wildman–Crippen MR) is 77.9 cm³/mol. The zero-order valence-corrected chi connectivity index (χ0v) is 12.1. The molecule has 1 aromatic rings. The number of fused-ring (bicyclic) bond motifs is 1. The SMILES string of the molecule is CCOC(=O)[C@@H](C)Nc1ccc2c(c1)CCC(=O)N2C. The van der Waals surface area contributed by atoms with E-state index in [0.29, 0.717) is 13.0 Å². The minimum atomic E-state index is -0.393. The molecule has 0 unspecified atom stereocenters. The second-order valence-corrected chi connectivity index (χ2v) is 4.91. The Morgan fingerprint density at radius 3 is 2.90 bits per heavy atom. The van der Waals surface area contributed by atoms with Crippen LogP contribution >= 0.6 is 0 Å². The summed E-state index contributed by atoms with van der Waals surface area (Å²) < 4.78 is 4.97. The molecule has 1 aromatic carbocycles. The molecule has 5 nitrogen and oxygen atoms in total. The number of nitrogens with zero attached hydrogens (tertiary/aromatic N) is 1. The van der Waals surface area contributed by atoms with Crippen molar-refractivity contribution in [1.82, 2.24) is 0 Å². The number of carbonyl (C=O) groups excluding carboxylic acids is 2. The summed E-state index contributed by atoms with van der Waals surface area (Å²) >= 11 is 0.